The zero-order valence-corrected chi connectivity index (χ0v) is 15.5. The number of carbonyl (C=O) groups excluding carboxylic acids is 1. The number of methoxy groups -OCH3 is 1. The van der Waals surface area contributed by atoms with Gasteiger partial charge < -0.3 is 14.0 Å². The Morgan fingerprint density at radius 1 is 1.37 bits per heavy atom. The van der Waals surface area contributed by atoms with Gasteiger partial charge in [-0.05, 0) is 19.8 Å². The molecule has 3 aromatic heterocycles. The second kappa shape index (κ2) is 6.38. The second-order valence-electron chi connectivity index (χ2n) is 6.78. The molecule has 1 atom stereocenters. The molecule has 0 N–H and O–H groups in total. The summed E-state index contributed by atoms with van der Waals surface area (Å²) in [4.78, 5) is 41.6. The fourth-order valence-corrected chi connectivity index (χ4v) is 3.61. The van der Waals surface area contributed by atoms with Crippen LogP contribution in [-0.2, 0) is 34.4 Å². The Balaban J connectivity index is 1.94. The van der Waals surface area contributed by atoms with E-state index in [0.29, 0.717) is 12.3 Å². The SMILES string of the molecule is COC(=O)Cn1c(=O)c2c(nc3n(CC4CCCO4)c(C)cn23)n(C)c1=O. The van der Waals surface area contributed by atoms with Crippen molar-refractivity contribution in [3.63, 3.8) is 0 Å². The molecule has 10 nitrogen and oxygen atoms in total. The van der Waals surface area contributed by atoms with Gasteiger partial charge >= 0.3 is 11.7 Å². The molecule has 0 radical (unpaired) electrons. The van der Waals surface area contributed by atoms with Crippen LogP contribution in [0.2, 0.25) is 0 Å². The third-order valence-electron chi connectivity index (χ3n) is 5.07. The minimum absolute atomic E-state index is 0.111. The maximum absolute atomic E-state index is 12.9. The molecule has 1 unspecified atom stereocenters. The van der Waals surface area contributed by atoms with Crippen molar-refractivity contribution in [2.45, 2.75) is 39.0 Å². The Morgan fingerprint density at radius 2 is 2.15 bits per heavy atom. The summed E-state index contributed by atoms with van der Waals surface area (Å²) in [5.41, 5.74) is 0.288. The molecule has 27 heavy (non-hydrogen) atoms. The minimum atomic E-state index is -0.665. The first-order chi connectivity index (χ1) is 12.9. The lowest BCUT2D eigenvalue weighted by Crippen LogP contribution is -2.41. The lowest BCUT2D eigenvalue weighted by Gasteiger charge is -2.11. The van der Waals surface area contributed by atoms with Crippen LogP contribution in [0.3, 0.4) is 0 Å². The number of esters is 1. The first kappa shape index (κ1) is 17.5. The van der Waals surface area contributed by atoms with Crippen LogP contribution in [0.4, 0.5) is 0 Å². The molecule has 1 saturated heterocycles. The van der Waals surface area contributed by atoms with Crippen LogP contribution in [0.15, 0.2) is 15.8 Å². The highest BCUT2D eigenvalue weighted by Crippen LogP contribution is 2.20. The summed E-state index contributed by atoms with van der Waals surface area (Å²) >= 11 is 0. The van der Waals surface area contributed by atoms with Crippen molar-refractivity contribution < 1.29 is 14.3 Å². The van der Waals surface area contributed by atoms with Gasteiger partial charge in [-0.1, -0.05) is 0 Å². The lowest BCUT2D eigenvalue weighted by atomic mass is 10.2. The smallest absolute Gasteiger partial charge is 0.333 e. The summed E-state index contributed by atoms with van der Waals surface area (Å²) in [7, 11) is 2.74. The van der Waals surface area contributed by atoms with Gasteiger partial charge in [0, 0.05) is 25.5 Å². The fraction of sp³-hybridized carbons (Fsp3) is 0.529. The van der Waals surface area contributed by atoms with Gasteiger partial charge in [-0.3, -0.25) is 18.6 Å². The summed E-state index contributed by atoms with van der Waals surface area (Å²) in [6.07, 6.45) is 3.94. The van der Waals surface area contributed by atoms with Crippen molar-refractivity contribution in [1.29, 1.82) is 0 Å². The molecule has 10 heteroatoms. The maximum Gasteiger partial charge on any atom is 0.333 e. The molecule has 0 saturated carbocycles. The van der Waals surface area contributed by atoms with Gasteiger partial charge in [0.1, 0.15) is 6.54 Å². The Kier molecular flexibility index (Phi) is 4.14. The van der Waals surface area contributed by atoms with Gasteiger partial charge in [0.05, 0.1) is 19.8 Å². The molecule has 4 rings (SSSR count). The molecule has 0 bridgehead atoms. The van der Waals surface area contributed by atoms with Crippen molar-refractivity contribution in [2.75, 3.05) is 13.7 Å². The number of ether oxygens (including phenoxy) is 2. The van der Waals surface area contributed by atoms with Gasteiger partial charge in [-0.15, -0.1) is 0 Å². The molecular weight excluding hydrogens is 354 g/mol. The number of rotatable bonds is 4. The normalized spacial score (nSPS) is 17.2. The van der Waals surface area contributed by atoms with Crippen LogP contribution in [0.25, 0.3) is 16.9 Å². The minimum Gasteiger partial charge on any atom is -0.468 e. The van der Waals surface area contributed by atoms with Crippen LogP contribution in [-0.4, -0.2) is 48.9 Å². The van der Waals surface area contributed by atoms with Crippen molar-refractivity contribution in [3.05, 3.63) is 32.7 Å². The average molecular weight is 375 g/mol. The summed E-state index contributed by atoms with van der Waals surface area (Å²) < 4.78 is 16.1. The largest absolute Gasteiger partial charge is 0.468 e. The van der Waals surface area contributed by atoms with E-state index >= 15 is 0 Å². The quantitative estimate of drug-likeness (QED) is 0.586. The molecule has 1 aliphatic rings. The maximum atomic E-state index is 12.9. The number of aromatic nitrogens is 5. The number of hydrogen-bond acceptors (Lipinski definition) is 6. The number of nitrogens with zero attached hydrogens (tertiary/aromatic N) is 5. The van der Waals surface area contributed by atoms with E-state index in [1.54, 1.807) is 4.40 Å². The summed E-state index contributed by atoms with van der Waals surface area (Å²) in [5.74, 6) is -0.0950. The monoisotopic (exact) mass is 375 g/mol. The van der Waals surface area contributed by atoms with E-state index < -0.39 is 23.8 Å². The molecule has 144 valence electrons. The molecule has 0 amide bonds. The third-order valence-corrected chi connectivity index (χ3v) is 5.07. The third kappa shape index (κ3) is 2.67. The van der Waals surface area contributed by atoms with Gasteiger partial charge in [-0.25, -0.2) is 9.36 Å². The van der Waals surface area contributed by atoms with Gasteiger partial charge in [0.2, 0.25) is 5.78 Å². The summed E-state index contributed by atoms with van der Waals surface area (Å²) in [6.45, 7) is 2.88. The highest BCUT2D eigenvalue weighted by molar-refractivity contribution is 5.76. The second-order valence-corrected chi connectivity index (χ2v) is 6.78. The molecule has 0 aliphatic carbocycles. The molecule has 1 fully saturated rings. The number of carbonyl (C=O) groups is 1. The first-order valence-corrected chi connectivity index (χ1v) is 8.78. The molecule has 4 heterocycles. The van der Waals surface area contributed by atoms with Crippen molar-refractivity contribution in [2.24, 2.45) is 7.05 Å². The number of fused-ring (bicyclic) bond motifs is 3. The zero-order valence-electron chi connectivity index (χ0n) is 15.5. The van der Waals surface area contributed by atoms with E-state index in [1.165, 1.54) is 18.7 Å². The standard InChI is InChI=1S/C17H21N5O5/c1-10-7-21-13-14(18-16(21)20(10)8-11-5-4-6-27-11)19(2)17(25)22(15(13)24)9-12(23)26-3/h7,11H,4-6,8-9H2,1-3H3. The highest BCUT2D eigenvalue weighted by Gasteiger charge is 2.23. The Morgan fingerprint density at radius 3 is 2.81 bits per heavy atom. The molecule has 0 spiro atoms. The lowest BCUT2D eigenvalue weighted by molar-refractivity contribution is -0.141. The molecule has 1 aliphatic heterocycles. The number of aryl methyl sites for hydroxylation is 2. The van der Waals surface area contributed by atoms with Crippen LogP contribution in [0, 0.1) is 6.92 Å². The molecule has 3 aromatic rings. The highest BCUT2D eigenvalue weighted by atomic mass is 16.5. The van der Waals surface area contributed by atoms with E-state index in [-0.39, 0.29) is 17.3 Å². The predicted molar refractivity (Wildman–Crippen MR) is 95.9 cm³/mol. The van der Waals surface area contributed by atoms with E-state index in [0.717, 1.165) is 29.7 Å². The van der Waals surface area contributed by atoms with E-state index in [1.807, 2.05) is 17.7 Å². The van der Waals surface area contributed by atoms with Gasteiger partial charge in [0.25, 0.3) is 5.56 Å². The topological polar surface area (TPSA) is 102 Å². The van der Waals surface area contributed by atoms with E-state index in [9.17, 15) is 14.4 Å². The van der Waals surface area contributed by atoms with Gasteiger partial charge in [0.15, 0.2) is 11.2 Å². The Hall–Kier alpha value is -2.88. The molecular formula is C17H21N5O5. The van der Waals surface area contributed by atoms with Crippen LogP contribution >= 0.6 is 0 Å². The van der Waals surface area contributed by atoms with E-state index in [4.69, 9.17) is 4.74 Å². The van der Waals surface area contributed by atoms with Crippen molar-refractivity contribution in [3.8, 4) is 0 Å². The first-order valence-electron chi connectivity index (χ1n) is 8.78. The van der Waals surface area contributed by atoms with Crippen molar-refractivity contribution in [1.82, 2.24) is 23.1 Å². The zero-order chi connectivity index (χ0) is 19.3. The van der Waals surface area contributed by atoms with Crippen LogP contribution in [0.5, 0.6) is 0 Å². The summed E-state index contributed by atoms with van der Waals surface area (Å²) in [5, 5.41) is 0. The average Bonchev–Trinajstić information content (AvgIpc) is 3.35. The Bertz CT molecular complexity index is 1160. The fourth-order valence-electron chi connectivity index (χ4n) is 3.61. The number of imidazole rings is 2. The van der Waals surface area contributed by atoms with Gasteiger partial charge in [-0.2, -0.15) is 4.98 Å². The number of hydrogen-bond donors (Lipinski definition) is 0. The summed E-state index contributed by atoms with van der Waals surface area (Å²) in [6, 6.07) is 0. The Labute approximate surface area is 153 Å². The van der Waals surface area contributed by atoms with Crippen LogP contribution in [0.1, 0.15) is 18.5 Å². The van der Waals surface area contributed by atoms with E-state index in [2.05, 4.69) is 9.72 Å². The van der Waals surface area contributed by atoms with Crippen LogP contribution < -0.4 is 11.2 Å². The van der Waals surface area contributed by atoms with Crippen molar-refractivity contribution >= 4 is 22.9 Å². The molecule has 0 aromatic carbocycles. The predicted octanol–water partition coefficient (Wildman–Crippen LogP) is -0.190.